The molecule has 2 aliphatic rings. The molecule has 0 radical (unpaired) electrons. The fourth-order valence-corrected chi connectivity index (χ4v) is 3.77. The summed E-state index contributed by atoms with van der Waals surface area (Å²) in [5.74, 6) is -0.0511. The smallest absolute Gasteiger partial charge is 0.245 e. The first-order chi connectivity index (χ1) is 12.1. The van der Waals surface area contributed by atoms with Crippen molar-refractivity contribution in [1.82, 2.24) is 10.2 Å². The number of methoxy groups -OCH3 is 1. The van der Waals surface area contributed by atoms with Gasteiger partial charge in [-0.3, -0.25) is 9.59 Å². The molecule has 2 amide bonds. The van der Waals surface area contributed by atoms with Crippen molar-refractivity contribution >= 4 is 11.8 Å². The summed E-state index contributed by atoms with van der Waals surface area (Å²) in [4.78, 5) is 27.3. The molecule has 0 spiro atoms. The van der Waals surface area contributed by atoms with E-state index in [0.29, 0.717) is 12.8 Å². The second-order valence-corrected chi connectivity index (χ2v) is 7.26. The van der Waals surface area contributed by atoms with E-state index in [2.05, 4.69) is 5.32 Å². The standard InChI is InChI=1S/C20H28N2O3/c1-25-20(10-7-11-20)15-18(23)21-17(14-16-8-3-2-4-9-16)19(24)22-12-5-6-13-22/h2-4,8-9,17H,5-7,10-15H2,1H3,(H,21,23)/t17-/m1/s1. The minimum Gasteiger partial charge on any atom is -0.378 e. The average molecular weight is 344 g/mol. The second-order valence-electron chi connectivity index (χ2n) is 7.26. The SMILES string of the molecule is COC1(CC(=O)N[C@H](Cc2ccccc2)C(=O)N2CCCC2)CCC1. The maximum Gasteiger partial charge on any atom is 0.245 e. The lowest BCUT2D eigenvalue weighted by atomic mass is 9.77. The number of rotatable bonds is 7. The van der Waals surface area contributed by atoms with E-state index in [1.807, 2.05) is 35.2 Å². The van der Waals surface area contributed by atoms with Gasteiger partial charge in [0.1, 0.15) is 6.04 Å². The molecule has 25 heavy (non-hydrogen) atoms. The maximum atomic E-state index is 12.9. The third kappa shape index (κ3) is 4.40. The molecule has 0 aromatic heterocycles. The Morgan fingerprint density at radius 2 is 1.84 bits per heavy atom. The number of nitrogens with zero attached hydrogens (tertiary/aromatic N) is 1. The van der Waals surface area contributed by atoms with Crippen molar-refractivity contribution in [2.45, 2.75) is 56.6 Å². The van der Waals surface area contributed by atoms with Crippen molar-refractivity contribution in [1.29, 1.82) is 0 Å². The monoisotopic (exact) mass is 344 g/mol. The van der Waals surface area contributed by atoms with Crippen molar-refractivity contribution in [3.63, 3.8) is 0 Å². The predicted molar refractivity (Wildman–Crippen MR) is 96.1 cm³/mol. The zero-order valence-corrected chi connectivity index (χ0v) is 15.0. The van der Waals surface area contributed by atoms with Crippen LogP contribution in [0.1, 0.15) is 44.1 Å². The molecule has 1 heterocycles. The third-order valence-electron chi connectivity index (χ3n) is 5.51. The molecule has 1 saturated carbocycles. The molecule has 1 aliphatic heterocycles. The van der Waals surface area contributed by atoms with E-state index >= 15 is 0 Å². The van der Waals surface area contributed by atoms with Crippen molar-refractivity contribution < 1.29 is 14.3 Å². The van der Waals surface area contributed by atoms with Gasteiger partial charge in [0.05, 0.1) is 12.0 Å². The van der Waals surface area contributed by atoms with E-state index in [1.54, 1.807) is 7.11 Å². The molecule has 1 aliphatic carbocycles. The van der Waals surface area contributed by atoms with Crippen LogP contribution in [0.25, 0.3) is 0 Å². The highest BCUT2D eigenvalue weighted by Crippen LogP contribution is 2.37. The number of hydrogen-bond acceptors (Lipinski definition) is 3. The van der Waals surface area contributed by atoms with Gasteiger partial charge < -0.3 is 15.0 Å². The molecule has 136 valence electrons. The summed E-state index contributed by atoms with van der Waals surface area (Å²) in [5, 5.41) is 2.99. The van der Waals surface area contributed by atoms with Gasteiger partial charge in [0.15, 0.2) is 0 Å². The Bertz CT molecular complexity index is 587. The fourth-order valence-electron chi connectivity index (χ4n) is 3.77. The van der Waals surface area contributed by atoms with Crippen molar-refractivity contribution in [3.8, 4) is 0 Å². The summed E-state index contributed by atoms with van der Waals surface area (Å²) >= 11 is 0. The van der Waals surface area contributed by atoms with Crippen LogP contribution in [0.15, 0.2) is 30.3 Å². The Labute approximate surface area is 149 Å². The van der Waals surface area contributed by atoms with E-state index < -0.39 is 6.04 Å². The van der Waals surface area contributed by atoms with Gasteiger partial charge in [-0.05, 0) is 37.7 Å². The highest BCUT2D eigenvalue weighted by molar-refractivity contribution is 5.88. The number of carbonyl (C=O) groups is 2. The molecule has 1 saturated heterocycles. The van der Waals surface area contributed by atoms with Crippen molar-refractivity contribution in [2.75, 3.05) is 20.2 Å². The van der Waals surface area contributed by atoms with Crippen LogP contribution in [-0.4, -0.2) is 48.6 Å². The second kappa shape index (κ2) is 8.00. The largest absolute Gasteiger partial charge is 0.378 e. The Balaban J connectivity index is 1.66. The molecule has 0 unspecified atom stereocenters. The summed E-state index contributed by atoms with van der Waals surface area (Å²) in [5.41, 5.74) is 0.739. The zero-order valence-electron chi connectivity index (χ0n) is 15.0. The zero-order chi connectivity index (χ0) is 17.7. The highest BCUT2D eigenvalue weighted by atomic mass is 16.5. The Hall–Kier alpha value is -1.88. The number of hydrogen-bond donors (Lipinski definition) is 1. The average Bonchev–Trinajstić information content (AvgIpc) is 3.12. The predicted octanol–water partition coefficient (Wildman–Crippen LogP) is 2.30. The summed E-state index contributed by atoms with van der Waals surface area (Å²) in [7, 11) is 1.67. The summed E-state index contributed by atoms with van der Waals surface area (Å²) in [6.45, 7) is 1.59. The van der Waals surface area contributed by atoms with Gasteiger partial charge in [-0.15, -0.1) is 0 Å². The molecule has 1 aromatic rings. The van der Waals surface area contributed by atoms with Gasteiger partial charge >= 0.3 is 0 Å². The van der Waals surface area contributed by atoms with E-state index in [1.165, 1.54) is 0 Å². The van der Waals surface area contributed by atoms with Crippen molar-refractivity contribution in [3.05, 3.63) is 35.9 Å². The van der Waals surface area contributed by atoms with E-state index in [0.717, 1.165) is 50.8 Å². The number of likely N-dealkylation sites (tertiary alicyclic amines) is 1. The normalized spacial score (nSPS) is 20.0. The minimum atomic E-state index is -0.498. The van der Waals surface area contributed by atoms with Crippen LogP contribution in [-0.2, 0) is 20.7 Å². The molecule has 1 aromatic carbocycles. The number of carbonyl (C=O) groups excluding carboxylic acids is 2. The molecule has 5 nitrogen and oxygen atoms in total. The van der Waals surface area contributed by atoms with Crippen molar-refractivity contribution in [2.24, 2.45) is 0 Å². The minimum absolute atomic E-state index is 0.0368. The van der Waals surface area contributed by atoms with Crippen LogP contribution in [0.4, 0.5) is 0 Å². The van der Waals surface area contributed by atoms with Gasteiger partial charge in [0.2, 0.25) is 11.8 Å². The lowest BCUT2D eigenvalue weighted by Gasteiger charge is -2.40. The number of ether oxygens (including phenoxy) is 1. The number of benzene rings is 1. The van der Waals surface area contributed by atoms with Crippen LogP contribution in [0.3, 0.4) is 0 Å². The Kier molecular flexibility index (Phi) is 5.74. The summed E-state index contributed by atoms with van der Waals surface area (Å²) in [6, 6.07) is 9.38. The first-order valence-corrected chi connectivity index (χ1v) is 9.29. The number of nitrogens with one attached hydrogen (secondary N) is 1. The molecular weight excluding hydrogens is 316 g/mol. The van der Waals surface area contributed by atoms with Crippen LogP contribution in [0.2, 0.25) is 0 Å². The molecule has 3 rings (SSSR count). The Morgan fingerprint density at radius 3 is 2.40 bits per heavy atom. The van der Waals surface area contributed by atoms with Gasteiger partial charge in [0, 0.05) is 26.6 Å². The maximum absolute atomic E-state index is 12.9. The lowest BCUT2D eigenvalue weighted by molar-refractivity contribution is -0.140. The van der Waals surface area contributed by atoms with E-state index in [-0.39, 0.29) is 17.4 Å². The van der Waals surface area contributed by atoms with Crippen LogP contribution in [0, 0.1) is 0 Å². The molecule has 2 fully saturated rings. The van der Waals surface area contributed by atoms with Gasteiger partial charge in [-0.1, -0.05) is 30.3 Å². The Morgan fingerprint density at radius 1 is 1.16 bits per heavy atom. The van der Waals surface area contributed by atoms with E-state index in [4.69, 9.17) is 4.74 Å². The molecule has 1 N–H and O–H groups in total. The first-order valence-electron chi connectivity index (χ1n) is 9.29. The van der Waals surface area contributed by atoms with Crippen LogP contribution >= 0.6 is 0 Å². The molecular formula is C20H28N2O3. The third-order valence-corrected chi connectivity index (χ3v) is 5.51. The summed E-state index contributed by atoms with van der Waals surface area (Å²) < 4.78 is 5.55. The van der Waals surface area contributed by atoms with Crippen LogP contribution in [0.5, 0.6) is 0 Å². The number of amides is 2. The molecule has 0 bridgehead atoms. The van der Waals surface area contributed by atoms with Gasteiger partial charge in [-0.25, -0.2) is 0 Å². The lowest BCUT2D eigenvalue weighted by Crippen LogP contribution is -2.51. The topological polar surface area (TPSA) is 58.6 Å². The molecule has 5 heteroatoms. The van der Waals surface area contributed by atoms with Gasteiger partial charge in [0.25, 0.3) is 0 Å². The van der Waals surface area contributed by atoms with Crippen LogP contribution < -0.4 is 5.32 Å². The highest BCUT2D eigenvalue weighted by Gasteiger charge is 2.40. The summed E-state index contributed by atoms with van der Waals surface area (Å²) in [6.07, 6.45) is 5.89. The quantitative estimate of drug-likeness (QED) is 0.826. The first kappa shape index (κ1) is 17.9. The van der Waals surface area contributed by atoms with E-state index in [9.17, 15) is 9.59 Å². The molecule has 1 atom stereocenters. The van der Waals surface area contributed by atoms with Gasteiger partial charge in [-0.2, -0.15) is 0 Å². The fraction of sp³-hybridized carbons (Fsp3) is 0.600.